The number of rotatable bonds is 9. The summed E-state index contributed by atoms with van der Waals surface area (Å²) in [5.74, 6) is -0.773. The van der Waals surface area contributed by atoms with Gasteiger partial charge in [-0.25, -0.2) is 4.39 Å². The van der Waals surface area contributed by atoms with Gasteiger partial charge in [-0.1, -0.05) is 24.4 Å². The second-order valence-corrected chi connectivity index (χ2v) is 9.01. The highest BCUT2D eigenvalue weighted by atomic mass is 35.5. The van der Waals surface area contributed by atoms with Crippen molar-refractivity contribution in [2.75, 3.05) is 26.2 Å². The van der Waals surface area contributed by atoms with E-state index in [1.165, 1.54) is 50.7 Å². The smallest absolute Gasteiger partial charge is 0.294 e. The van der Waals surface area contributed by atoms with Crippen molar-refractivity contribution in [2.45, 2.75) is 37.8 Å². The molecule has 2 amide bonds. The van der Waals surface area contributed by atoms with Gasteiger partial charge in [-0.15, -0.1) is 0 Å². The van der Waals surface area contributed by atoms with Crippen molar-refractivity contribution >= 4 is 29.1 Å². The van der Waals surface area contributed by atoms with Crippen LogP contribution in [0.25, 0.3) is 0 Å². The summed E-state index contributed by atoms with van der Waals surface area (Å²) in [4.78, 5) is 29.0. The molecule has 1 atom stereocenters. The van der Waals surface area contributed by atoms with Crippen LogP contribution in [0.3, 0.4) is 0 Å². The fourth-order valence-corrected chi connectivity index (χ4v) is 4.74. The van der Waals surface area contributed by atoms with E-state index in [0.717, 1.165) is 31.7 Å². The number of nitrogens with zero attached hydrogens (tertiary/aromatic N) is 1. The maximum atomic E-state index is 14.1. The van der Waals surface area contributed by atoms with Crippen LogP contribution < -0.4 is 24.4 Å². The van der Waals surface area contributed by atoms with Gasteiger partial charge in [0.2, 0.25) is 11.7 Å². The molecule has 37 heavy (non-hydrogen) atoms. The molecule has 1 aliphatic carbocycles. The number of methoxy groups -OCH3 is 3. The van der Waals surface area contributed by atoms with Crippen molar-refractivity contribution in [3.8, 4) is 17.2 Å². The van der Waals surface area contributed by atoms with Gasteiger partial charge >= 0.3 is 0 Å². The van der Waals surface area contributed by atoms with Crippen LogP contribution in [0.2, 0.25) is 5.02 Å². The summed E-state index contributed by atoms with van der Waals surface area (Å²) in [7, 11) is 4.39. The van der Waals surface area contributed by atoms with Crippen LogP contribution in [0.1, 0.15) is 47.8 Å². The average Bonchev–Trinajstić information content (AvgIpc) is 3.62. The van der Waals surface area contributed by atoms with Gasteiger partial charge in [0.15, 0.2) is 17.3 Å². The van der Waals surface area contributed by atoms with E-state index in [2.05, 4.69) is 5.32 Å². The number of carbonyl (C=O) groups is 2. The molecule has 1 N–H and O–H groups in total. The molecule has 0 aliphatic heterocycles. The zero-order valence-corrected chi connectivity index (χ0v) is 21.5. The van der Waals surface area contributed by atoms with Crippen LogP contribution in [-0.2, 0) is 4.79 Å². The third-order valence-electron chi connectivity index (χ3n) is 6.34. The molecule has 0 unspecified atom stereocenters. The molecule has 0 saturated heterocycles. The molecule has 4 rings (SSSR count). The first kappa shape index (κ1) is 26.3. The minimum Gasteiger partial charge on any atom is -0.493 e. The number of ether oxygens (including phenoxy) is 3. The summed E-state index contributed by atoms with van der Waals surface area (Å²) in [5, 5.41) is 2.87. The van der Waals surface area contributed by atoms with Crippen molar-refractivity contribution in [2.24, 2.45) is 0 Å². The van der Waals surface area contributed by atoms with Crippen LogP contribution in [0, 0.1) is 5.82 Å². The summed E-state index contributed by atoms with van der Waals surface area (Å²) >= 11 is 6.10. The lowest BCUT2D eigenvalue weighted by molar-refractivity contribution is -0.123. The lowest BCUT2D eigenvalue weighted by atomic mass is 10.0. The Hall–Kier alpha value is -3.72. The number of furan rings is 1. The van der Waals surface area contributed by atoms with Crippen molar-refractivity contribution in [3.05, 3.63) is 70.9 Å². The number of anilines is 1. The lowest BCUT2D eigenvalue weighted by Gasteiger charge is -2.32. The Morgan fingerprint density at radius 1 is 1.05 bits per heavy atom. The molecule has 8 nitrogen and oxygen atoms in total. The monoisotopic (exact) mass is 530 g/mol. The largest absolute Gasteiger partial charge is 0.493 e. The van der Waals surface area contributed by atoms with Crippen molar-refractivity contribution in [1.82, 2.24) is 5.32 Å². The summed E-state index contributed by atoms with van der Waals surface area (Å²) in [5.41, 5.74) is 0.582. The van der Waals surface area contributed by atoms with E-state index >= 15 is 0 Å². The quantitative estimate of drug-likeness (QED) is 0.390. The molecule has 2 aromatic carbocycles. The number of nitrogens with one attached hydrogen (secondary N) is 1. The topological polar surface area (TPSA) is 90.2 Å². The number of halogens is 2. The molecule has 10 heteroatoms. The summed E-state index contributed by atoms with van der Waals surface area (Å²) < 4.78 is 35.9. The van der Waals surface area contributed by atoms with Crippen LogP contribution >= 0.6 is 11.6 Å². The van der Waals surface area contributed by atoms with Crippen LogP contribution in [0.5, 0.6) is 17.2 Å². The normalized spacial score (nSPS) is 14.2. The highest BCUT2D eigenvalue weighted by Crippen LogP contribution is 2.42. The molecule has 0 bridgehead atoms. The first-order valence-corrected chi connectivity index (χ1v) is 12.2. The van der Waals surface area contributed by atoms with Gasteiger partial charge in [-0.3, -0.25) is 14.5 Å². The van der Waals surface area contributed by atoms with Gasteiger partial charge in [-0.2, -0.15) is 0 Å². The number of amides is 2. The molecular formula is C27H28ClFN2O6. The standard InChI is InChI=1S/C27H28ClFN2O6/c1-34-22-13-16(14-23(35-2)25(22)36-3)24(26(32)30-17-7-4-5-8-17)31(27(33)21-9-6-12-37-21)18-10-11-20(29)19(28)15-18/h6,9-15,17,24H,4-5,7-8H2,1-3H3,(H,30,32)/t24-/m0/s1. The van der Waals surface area contributed by atoms with Crippen molar-refractivity contribution in [3.63, 3.8) is 0 Å². The molecule has 1 saturated carbocycles. The minimum absolute atomic E-state index is 0.00782. The molecule has 3 aromatic rings. The molecule has 1 fully saturated rings. The van der Waals surface area contributed by atoms with Crippen LogP contribution in [-0.4, -0.2) is 39.2 Å². The van der Waals surface area contributed by atoms with Gasteiger partial charge in [0.25, 0.3) is 5.91 Å². The number of carbonyl (C=O) groups excluding carboxylic acids is 2. The Morgan fingerprint density at radius 2 is 1.73 bits per heavy atom. The summed E-state index contributed by atoms with van der Waals surface area (Å²) in [6.45, 7) is 0. The molecular weight excluding hydrogens is 503 g/mol. The Kier molecular flexibility index (Phi) is 8.23. The highest BCUT2D eigenvalue weighted by molar-refractivity contribution is 6.31. The van der Waals surface area contributed by atoms with Gasteiger partial charge in [0.1, 0.15) is 11.9 Å². The SMILES string of the molecule is COc1cc([C@@H](C(=O)NC2CCCC2)N(C(=O)c2ccco2)c2ccc(F)c(Cl)c2)cc(OC)c1OC. The molecule has 1 aliphatic rings. The van der Waals surface area contributed by atoms with E-state index in [4.69, 9.17) is 30.2 Å². The fourth-order valence-electron chi connectivity index (χ4n) is 4.56. The number of hydrogen-bond donors (Lipinski definition) is 1. The van der Waals surface area contributed by atoms with Crippen LogP contribution in [0.4, 0.5) is 10.1 Å². The number of hydrogen-bond acceptors (Lipinski definition) is 6. The lowest BCUT2D eigenvalue weighted by Crippen LogP contribution is -2.46. The molecule has 1 heterocycles. The van der Waals surface area contributed by atoms with E-state index in [9.17, 15) is 14.0 Å². The third-order valence-corrected chi connectivity index (χ3v) is 6.63. The van der Waals surface area contributed by atoms with E-state index in [-0.39, 0.29) is 22.5 Å². The van der Waals surface area contributed by atoms with E-state index in [1.54, 1.807) is 18.2 Å². The maximum Gasteiger partial charge on any atom is 0.294 e. The predicted molar refractivity (Wildman–Crippen MR) is 136 cm³/mol. The molecule has 0 spiro atoms. The number of benzene rings is 2. The Bertz CT molecular complexity index is 1230. The zero-order chi connectivity index (χ0) is 26.5. The second kappa shape index (κ2) is 11.6. The average molecular weight is 531 g/mol. The Balaban J connectivity index is 1.92. The van der Waals surface area contributed by atoms with Gasteiger partial charge in [0, 0.05) is 11.7 Å². The summed E-state index contributed by atoms with van der Waals surface area (Å²) in [6, 6.07) is 8.84. The van der Waals surface area contributed by atoms with Crippen molar-refractivity contribution in [1.29, 1.82) is 0 Å². The molecule has 196 valence electrons. The minimum atomic E-state index is -1.21. The zero-order valence-electron chi connectivity index (χ0n) is 20.8. The third kappa shape index (κ3) is 5.51. The van der Waals surface area contributed by atoms with Crippen molar-refractivity contribution < 1.29 is 32.6 Å². The predicted octanol–water partition coefficient (Wildman–Crippen LogP) is 5.54. The van der Waals surface area contributed by atoms with E-state index in [0.29, 0.717) is 22.8 Å². The van der Waals surface area contributed by atoms with E-state index < -0.39 is 23.7 Å². The molecule has 1 aromatic heterocycles. The Labute approximate surface area is 219 Å². The van der Waals surface area contributed by atoms with Crippen LogP contribution in [0.15, 0.2) is 53.1 Å². The van der Waals surface area contributed by atoms with E-state index in [1.807, 2.05) is 0 Å². The summed E-state index contributed by atoms with van der Waals surface area (Å²) in [6.07, 6.45) is 5.03. The fraction of sp³-hybridized carbons (Fsp3) is 0.333. The second-order valence-electron chi connectivity index (χ2n) is 8.60. The Morgan fingerprint density at radius 3 is 2.27 bits per heavy atom. The van der Waals surface area contributed by atoms with Gasteiger partial charge in [-0.05, 0) is 60.9 Å². The maximum absolute atomic E-state index is 14.1. The first-order valence-electron chi connectivity index (χ1n) is 11.8. The van der Waals surface area contributed by atoms with Gasteiger partial charge in [0.05, 0.1) is 32.6 Å². The first-order chi connectivity index (χ1) is 17.9. The van der Waals surface area contributed by atoms with Gasteiger partial charge < -0.3 is 23.9 Å². The highest BCUT2D eigenvalue weighted by Gasteiger charge is 2.37. The molecule has 0 radical (unpaired) electrons.